The van der Waals surface area contributed by atoms with Gasteiger partial charge in [-0.1, -0.05) is 81.5 Å². The van der Waals surface area contributed by atoms with Crippen molar-refractivity contribution in [3.05, 3.63) is 101 Å². The molecule has 10 rings (SSSR count). The van der Waals surface area contributed by atoms with Gasteiger partial charge in [0.1, 0.15) is 5.75 Å². The molecule has 0 aromatic heterocycles. The average molecular weight is 719 g/mol. The molecule has 0 unspecified atom stereocenters. The van der Waals surface area contributed by atoms with Crippen LogP contribution in [-0.4, -0.2) is 80.7 Å². The van der Waals surface area contributed by atoms with Crippen LogP contribution in [0.15, 0.2) is 88.8 Å². The second-order valence-corrected chi connectivity index (χ2v) is 16.1. The van der Waals surface area contributed by atoms with Crippen LogP contribution >= 0.6 is 0 Å². The summed E-state index contributed by atoms with van der Waals surface area (Å²) in [5.74, 6) is 3.28. The van der Waals surface area contributed by atoms with Gasteiger partial charge in [-0.3, -0.25) is 9.98 Å². The number of benzene rings is 4. The molecule has 0 atom stereocenters. The van der Waals surface area contributed by atoms with Gasteiger partial charge in [0.15, 0.2) is 0 Å². The lowest BCUT2D eigenvalue weighted by Crippen LogP contribution is -2.52. The number of fused-ring (bicyclic) bond motifs is 12. The van der Waals surface area contributed by atoms with Crippen molar-refractivity contribution < 1.29 is 4.74 Å². The van der Waals surface area contributed by atoms with Crippen molar-refractivity contribution >= 4 is 23.3 Å². The molecule has 4 aliphatic heterocycles. The summed E-state index contributed by atoms with van der Waals surface area (Å²) in [6.07, 6.45) is 12.1. The smallest absolute Gasteiger partial charge is 0.201 e. The number of nitrogens with zero attached hydrogens (tertiary/aromatic N) is 6. The van der Waals surface area contributed by atoms with Crippen molar-refractivity contribution in [2.75, 3.05) is 68.8 Å². The van der Waals surface area contributed by atoms with Crippen LogP contribution in [0.25, 0.3) is 22.3 Å². The molecular weight excluding hydrogens is 665 g/mol. The van der Waals surface area contributed by atoms with Crippen LogP contribution in [-0.2, 0) is 5.41 Å². The van der Waals surface area contributed by atoms with E-state index in [-0.39, 0.29) is 0 Å². The molecule has 7 heteroatoms. The number of guanidine groups is 2. The van der Waals surface area contributed by atoms with Gasteiger partial charge in [-0.05, 0) is 113 Å². The molecule has 4 heterocycles. The minimum absolute atomic E-state index is 0.476. The summed E-state index contributed by atoms with van der Waals surface area (Å²) in [4.78, 5) is 20.2. The van der Waals surface area contributed by atoms with Gasteiger partial charge in [-0.2, -0.15) is 0 Å². The first kappa shape index (κ1) is 33.8. The summed E-state index contributed by atoms with van der Waals surface area (Å²) in [7, 11) is 0. The number of hydrogen-bond donors (Lipinski definition) is 0. The van der Waals surface area contributed by atoms with Gasteiger partial charge in [-0.15, -0.1) is 0 Å². The Bertz CT molecular complexity index is 2030. The molecule has 2 fully saturated rings. The number of unbranched alkanes of at least 4 members (excludes halogenated alkanes) is 5. The molecule has 54 heavy (non-hydrogen) atoms. The Morgan fingerprint density at radius 1 is 0.537 bits per heavy atom. The molecule has 4 aromatic carbocycles. The average Bonchev–Trinajstić information content (AvgIpc) is 3.69. The van der Waals surface area contributed by atoms with E-state index in [0.29, 0.717) is 0 Å². The topological polar surface area (TPSA) is 46.9 Å². The highest BCUT2D eigenvalue weighted by molar-refractivity contribution is 6.02. The van der Waals surface area contributed by atoms with E-state index in [9.17, 15) is 0 Å². The first-order chi connectivity index (χ1) is 26.8. The van der Waals surface area contributed by atoms with E-state index in [4.69, 9.17) is 14.7 Å². The molecule has 0 bridgehead atoms. The molecule has 1 spiro atoms. The monoisotopic (exact) mass is 718 g/mol. The zero-order chi connectivity index (χ0) is 36.1. The number of aliphatic imine (C=N–C) groups is 2. The highest BCUT2D eigenvalue weighted by atomic mass is 16.5. The zero-order valence-corrected chi connectivity index (χ0v) is 32.0. The molecule has 6 aliphatic rings. The van der Waals surface area contributed by atoms with Crippen LogP contribution in [0.3, 0.4) is 0 Å². The SMILES string of the molecule is CCCCCCCCOc1ccc2c(c1)C1(c3ccccc3-2)c2cc(N3CCCN4CCCN=C43)ccc2-c2ccc(N3CCCN4CCCN=C43)cc21. The summed E-state index contributed by atoms with van der Waals surface area (Å²) in [6, 6.07) is 30.7. The Kier molecular flexibility index (Phi) is 8.84. The van der Waals surface area contributed by atoms with Gasteiger partial charge in [0, 0.05) is 63.7 Å². The van der Waals surface area contributed by atoms with E-state index >= 15 is 0 Å². The summed E-state index contributed by atoms with van der Waals surface area (Å²) >= 11 is 0. The quantitative estimate of drug-likeness (QED) is 0.132. The van der Waals surface area contributed by atoms with Crippen molar-refractivity contribution in [1.82, 2.24) is 9.80 Å². The molecule has 7 nitrogen and oxygen atoms in total. The summed E-state index contributed by atoms with van der Waals surface area (Å²) in [5.41, 5.74) is 12.8. The summed E-state index contributed by atoms with van der Waals surface area (Å²) in [6.45, 7) is 11.2. The minimum Gasteiger partial charge on any atom is -0.494 e. The number of hydrogen-bond acceptors (Lipinski definition) is 7. The fraction of sp³-hybridized carbons (Fsp3) is 0.447. The maximum absolute atomic E-state index is 6.61. The van der Waals surface area contributed by atoms with Gasteiger partial charge in [0.25, 0.3) is 0 Å². The number of anilines is 2. The third kappa shape index (κ3) is 5.44. The van der Waals surface area contributed by atoms with Crippen LogP contribution in [0.5, 0.6) is 5.75 Å². The zero-order valence-electron chi connectivity index (χ0n) is 32.0. The molecular formula is C47H54N6O. The Balaban J connectivity index is 1.13. The normalized spacial score (nSPS) is 19.1. The van der Waals surface area contributed by atoms with Gasteiger partial charge < -0.3 is 24.3 Å². The maximum atomic E-state index is 6.61. The lowest BCUT2D eigenvalue weighted by molar-refractivity contribution is 0.304. The van der Waals surface area contributed by atoms with Gasteiger partial charge in [-0.25, -0.2) is 0 Å². The van der Waals surface area contributed by atoms with Gasteiger partial charge in [0.05, 0.1) is 12.0 Å². The highest BCUT2D eigenvalue weighted by Crippen LogP contribution is 2.64. The van der Waals surface area contributed by atoms with Crippen molar-refractivity contribution in [2.45, 2.75) is 76.5 Å². The van der Waals surface area contributed by atoms with Crippen molar-refractivity contribution in [3.63, 3.8) is 0 Å². The maximum Gasteiger partial charge on any atom is 0.201 e. The molecule has 0 N–H and O–H groups in total. The molecule has 2 aliphatic carbocycles. The van der Waals surface area contributed by atoms with Gasteiger partial charge in [0.2, 0.25) is 11.9 Å². The van der Waals surface area contributed by atoms with Crippen LogP contribution in [0.1, 0.15) is 93.4 Å². The standard InChI is InChI=1S/C47H54N6O/c1-2-3-4-5-6-9-30-54-36-18-21-40-37-14-7-8-15-41(37)47(44(40)33-36)42-31-34(52-28-12-26-50-24-10-22-48-45(50)52)16-19-38(42)39-20-17-35(32-43(39)47)53-29-13-27-51-25-11-23-49-46(51)53/h7-8,14-21,31-33H,2-6,9-13,22-30H2,1H3. The molecule has 2 saturated heterocycles. The summed E-state index contributed by atoms with van der Waals surface area (Å²) in [5, 5.41) is 0. The fourth-order valence-electron chi connectivity index (χ4n) is 10.4. The lowest BCUT2D eigenvalue weighted by atomic mass is 9.70. The van der Waals surface area contributed by atoms with Crippen LogP contribution < -0.4 is 14.5 Å². The predicted octanol–water partition coefficient (Wildman–Crippen LogP) is 9.31. The van der Waals surface area contributed by atoms with Crippen molar-refractivity contribution in [1.29, 1.82) is 0 Å². The lowest BCUT2D eigenvalue weighted by Gasteiger charge is -2.41. The second kappa shape index (κ2) is 14.1. The predicted molar refractivity (Wildman–Crippen MR) is 223 cm³/mol. The first-order valence-electron chi connectivity index (χ1n) is 21.1. The third-order valence-corrected chi connectivity index (χ3v) is 12.9. The minimum atomic E-state index is -0.476. The van der Waals surface area contributed by atoms with E-state index < -0.39 is 5.41 Å². The second-order valence-electron chi connectivity index (χ2n) is 16.1. The van der Waals surface area contributed by atoms with E-state index in [2.05, 4.69) is 105 Å². The molecule has 4 aromatic rings. The van der Waals surface area contributed by atoms with Crippen LogP contribution in [0.4, 0.5) is 11.4 Å². The third-order valence-electron chi connectivity index (χ3n) is 12.9. The van der Waals surface area contributed by atoms with Crippen LogP contribution in [0.2, 0.25) is 0 Å². The number of rotatable bonds is 10. The van der Waals surface area contributed by atoms with Crippen molar-refractivity contribution in [2.24, 2.45) is 9.98 Å². The van der Waals surface area contributed by atoms with Gasteiger partial charge >= 0.3 is 0 Å². The van der Waals surface area contributed by atoms with Crippen molar-refractivity contribution in [3.8, 4) is 28.0 Å². The first-order valence-corrected chi connectivity index (χ1v) is 21.1. The Morgan fingerprint density at radius 2 is 1.07 bits per heavy atom. The Hall–Kier alpha value is -4.78. The van der Waals surface area contributed by atoms with Crippen LogP contribution in [0, 0.1) is 0 Å². The summed E-state index contributed by atoms with van der Waals surface area (Å²) < 4.78 is 6.61. The Morgan fingerprint density at radius 3 is 1.72 bits per heavy atom. The van der Waals surface area contributed by atoms with E-state index in [1.165, 1.54) is 88.0 Å². The molecule has 278 valence electrons. The highest BCUT2D eigenvalue weighted by Gasteiger charge is 2.52. The fourth-order valence-corrected chi connectivity index (χ4v) is 10.4. The van der Waals surface area contributed by atoms with E-state index in [1.807, 2.05) is 0 Å². The number of ether oxygens (including phenoxy) is 1. The van der Waals surface area contributed by atoms with E-state index in [0.717, 1.165) is 109 Å². The largest absolute Gasteiger partial charge is 0.494 e. The Labute approximate surface area is 321 Å². The molecule has 0 saturated carbocycles. The molecule has 0 amide bonds. The van der Waals surface area contributed by atoms with E-state index in [1.54, 1.807) is 0 Å². The molecule has 0 radical (unpaired) electrons.